The van der Waals surface area contributed by atoms with Gasteiger partial charge in [-0.25, -0.2) is 0 Å². The van der Waals surface area contributed by atoms with Gasteiger partial charge in [0.05, 0.1) is 17.2 Å². The van der Waals surface area contributed by atoms with Gasteiger partial charge in [-0.05, 0) is 37.0 Å². The lowest BCUT2D eigenvalue weighted by molar-refractivity contribution is 0.0571. The van der Waals surface area contributed by atoms with Gasteiger partial charge < -0.3 is 9.64 Å². The van der Waals surface area contributed by atoms with Crippen molar-refractivity contribution in [1.29, 1.82) is 0 Å². The molecule has 1 unspecified atom stereocenters. The molecule has 1 atom stereocenters. The van der Waals surface area contributed by atoms with Crippen LogP contribution in [0.4, 0.5) is 0 Å². The normalized spacial score (nSPS) is 19.5. The Hall–Kier alpha value is -0.770. The molecule has 104 valence electrons. The average Bonchev–Trinajstić information content (AvgIpc) is 2.41. The lowest BCUT2D eigenvalue weighted by Gasteiger charge is -2.32. The van der Waals surface area contributed by atoms with E-state index in [9.17, 15) is 4.79 Å². The molecule has 1 aromatic carbocycles. The molecule has 3 nitrogen and oxygen atoms in total. The molecule has 0 aromatic heterocycles. The van der Waals surface area contributed by atoms with Crippen molar-refractivity contribution in [2.75, 3.05) is 26.8 Å². The summed E-state index contributed by atoms with van der Waals surface area (Å²) >= 11 is 12.0. The van der Waals surface area contributed by atoms with Gasteiger partial charge in [0.2, 0.25) is 0 Å². The molecule has 0 N–H and O–H groups in total. The number of ether oxygens (including phenoxy) is 1. The Morgan fingerprint density at radius 2 is 2.26 bits per heavy atom. The number of likely N-dealkylation sites (tertiary alicyclic amines) is 1. The second kappa shape index (κ2) is 6.60. The zero-order chi connectivity index (χ0) is 13.8. The SMILES string of the molecule is COCC1CCCN(C(=O)c2cc(Cl)ccc2Cl)C1. The minimum atomic E-state index is -0.0479. The fourth-order valence-electron chi connectivity index (χ4n) is 2.45. The van der Waals surface area contributed by atoms with E-state index in [1.807, 2.05) is 4.90 Å². The first-order valence-electron chi connectivity index (χ1n) is 6.35. The third-order valence-electron chi connectivity index (χ3n) is 3.37. The minimum absolute atomic E-state index is 0.0479. The highest BCUT2D eigenvalue weighted by molar-refractivity contribution is 6.35. The monoisotopic (exact) mass is 301 g/mol. The Bertz CT molecular complexity index is 463. The second-order valence-electron chi connectivity index (χ2n) is 4.84. The van der Waals surface area contributed by atoms with Crippen LogP contribution in [0.15, 0.2) is 18.2 Å². The number of carbonyl (C=O) groups excluding carboxylic acids is 1. The fourth-order valence-corrected chi connectivity index (χ4v) is 2.82. The van der Waals surface area contributed by atoms with Gasteiger partial charge in [0.1, 0.15) is 0 Å². The lowest BCUT2D eigenvalue weighted by atomic mass is 9.98. The molecule has 1 saturated heterocycles. The fraction of sp³-hybridized carbons (Fsp3) is 0.500. The van der Waals surface area contributed by atoms with Crippen molar-refractivity contribution in [2.45, 2.75) is 12.8 Å². The van der Waals surface area contributed by atoms with Crippen LogP contribution >= 0.6 is 23.2 Å². The summed E-state index contributed by atoms with van der Waals surface area (Å²) in [7, 11) is 1.69. The van der Waals surface area contributed by atoms with Crippen LogP contribution in [0.3, 0.4) is 0 Å². The molecule has 19 heavy (non-hydrogen) atoms. The van der Waals surface area contributed by atoms with Gasteiger partial charge in [-0.2, -0.15) is 0 Å². The summed E-state index contributed by atoms with van der Waals surface area (Å²) in [6.45, 7) is 2.17. The molecule has 0 saturated carbocycles. The number of rotatable bonds is 3. The third kappa shape index (κ3) is 3.62. The van der Waals surface area contributed by atoms with Crippen molar-refractivity contribution in [1.82, 2.24) is 4.90 Å². The van der Waals surface area contributed by atoms with E-state index in [-0.39, 0.29) is 5.91 Å². The second-order valence-corrected chi connectivity index (χ2v) is 5.68. The predicted octanol–water partition coefficient (Wildman–Crippen LogP) is 3.49. The van der Waals surface area contributed by atoms with Gasteiger partial charge in [-0.15, -0.1) is 0 Å². The summed E-state index contributed by atoms with van der Waals surface area (Å²) < 4.78 is 5.17. The van der Waals surface area contributed by atoms with E-state index in [1.165, 1.54) is 0 Å². The van der Waals surface area contributed by atoms with Crippen molar-refractivity contribution in [2.24, 2.45) is 5.92 Å². The first kappa shape index (κ1) is 14.6. The third-order valence-corrected chi connectivity index (χ3v) is 3.93. The number of halogens is 2. The zero-order valence-electron chi connectivity index (χ0n) is 10.9. The molecular weight excluding hydrogens is 285 g/mol. The van der Waals surface area contributed by atoms with E-state index in [0.29, 0.717) is 28.1 Å². The van der Waals surface area contributed by atoms with E-state index >= 15 is 0 Å². The molecule has 1 amide bonds. The van der Waals surface area contributed by atoms with Crippen LogP contribution in [-0.4, -0.2) is 37.6 Å². The highest BCUT2D eigenvalue weighted by Gasteiger charge is 2.25. The molecule has 1 aliphatic rings. The van der Waals surface area contributed by atoms with Crippen LogP contribution in [0.5, 0.6) is 0 Å². The van der Waals surface area contributed by atoms with Crippen LogP contribution in [0.2, 0.25) is 10.0 Å². The maximum atomic E-state index is 12.5. The quantitative estimate of drug-likeness (QED) is 0.855. The van der Waals surface area contributed by atoms with Crippen LogP contribution < -0.4 is 0 Å². The predicted molar refractivity (Wildman–Crippen MR) is 77.0 cm³/mol. The van der Waals surface area contributed by atoms with Crippen LogP contribution in [0.25, 0.3) is 0 Å². The summed E-state index contributed by atoms with van der Waals surface area (Å²) in [5, 5.41) is 0.974. The van der Waals surface area contributed by atoms with E-state index in [0.717, 1.165) is 25.9 Å². The molecule has 1 aliphatic heterocycles. The number of hydrogen-bond donors (Lipinski definition) is 0. The number of methoxy groups -OCH3 is 1. The number of amides is 1. The Balaban J connectivity index is 2.12. The van der Waals surface area contributed by atoms with Crippen molar-refractivity contribution in [3.05, 3.63) is 33.8 Å². The van der Waals surface area contributed by atoms with Gasteiger partial charge >= 0.3 is 0 Å². The Morgan fingerprint density at radius 3 is 3.00 bits per heavy atom. The molecule has 0 aliphatic carbocycles. The van der Waals surface area contributed by atoms with Gasteiger partial charge in [0.15, 0.2) is 0 Å². The lowest BCUT2D eigenvalue weighted by Crippen LogP contribution is -2.41. The number of benzene rings is 1. The van der Waals surface area contributed by atoms with Gasteiger partial charge in [0, 0.05) is 25.2 Å². The summed E-state index contributed by atoms with van der Waals surface area (Å²) in [4.78, 5) is 14.3. The number of piperidine rings is 1. The maximum absolute atomic E-state index is 12.5. The standard InChI is InChI=1S/C14H17Cl2NO2/c1-19-9-10-3-2-6-17(8-10)14(18)12-7-11(15)4-5-13(12)16/h4-5,7,10H,2-3,6,8-9H2,1H3. The first-order valence-corrected chi connectivity index (χ1v) is 7.10. The van der Waals surface area contributed by atoms with Crippen LogP contribution in [0, 0.1) is 5.92 Å². The molecule has 1 heterocycles. The van der Waals surface area contributed by atoms with Gasteiger partial charge in [0.25, 0.3) is 5.91 Å². The average molecular weight is 302 g/mol. The van der Waals surface area contributed by atoms with Crippen molar-refractivity contribution in [3.8, 4) is 0 Å². The van der Waals surface area contributed by atoms with E-state index < -0.39 is 0 Å². The number of nitrogens with zero attached hydrogens (tertiary/aromatic N) is 1. The van der Waals surface area contributed by atoms with Gasteiger partial charge in [-0.3, -0.25) is 4.79 Å². The summed E-state index contributed by atoms with van der Waals surface area (Å²) in [6, 6.07) is 4.98. The van der Waals surface area contributed by atoms with Crippen molar-refractivity contribution < 1.29 is 9.53 Å². The summed E-state index contributed by atoms with van der Waals surface area (Å²) in [6.07, 6.45) is 2.10. The summed E-state index contributed by atoms with van der Waals surface area (Å²) in [5.41, 5.74) is 0.479. The Kier molecular flexibility index (Phi) is 5.08. The van der Waals surface area contributed by atoms with Crippen LogP contribution in [0.1, 0.15) is 23.2 Å². The molecular formula is C14H17Cl2NO2. The minimum Gasteiger partial charge on any atom is -0.384 e. The van der Waals surface area contributed by atoms with E-state index in [4.69, 9.17) is 27.9 Å². The van der Waals surface area contributed by atoms with Crippen LogP contribution in [-0.2, 0) is 4.74 Å². The zero-order valence-corrected chi connectivity index (χ0v) is 12.4. The number of hydrogen-bond acceptors (Lipinski definition) is 2. The molecule has 1 fully saturated rings. The van der Waals surface area contributed by atoms with Crippen molar-refractivity contribution >= 4 is 29.1 Å². The van der Waals surface area contributed by atoms with Crippen molar-refractivity contribution in [3.63, 3.8) is 0 Å². The highest BCUT2D eigenvalue weighted by atomic mass is 35.5. The smallest absolute Gasteiger partial charge is 0.255 e. The first-order chi connectivity index (χ1) is 9.11. The summed E-state index contributed by atoms with van der Waals surface area (Å²) in [5.74, 6) is 0.356. The molecule has 0 spiro atoms. The Labute approximate surface area is 123 Å². The highest BCUT2D eigenvalue weighted by Crippen LogP contribution is 2.25. The largest absolute Gasteiger partial charge is 0.384 e. The topological polar surface area (TPSA) is 29.5 Å². The van der Waals surface area contributed by atoms with E-state index in [1.54, 1.807) is 25.3 Å². The number of carbonyl (C=O) groups is 1. The molecule has 2 rings (SSSR count). The molecule has 0 radical (unpaired) electrons. The Morgan fingerprint density at radius 1 is 1.47 bits per heavy atom. The van der Waals surface area contributed by atoms with E-state index in [2.05, 4.69) is 0 Å². The molecule has 5 heteroatoms. The van der Waals surface area contributed by atoms with Gasteiger partial charge in [-0.1, -0.05) is 23.2 Å². The maximum Gasteiger partial charge on any atom is 0.255 e. The molecule has 1 aromatic rings. The molecule has 0 bridgehead atoms.